The molecule has 0 radical (unpaired) electrons. The number of nitrogens with zero attached hydrogens (tertiary/aromatic N) is 3. The number of nitrogens with one attached hydrogen (secondary N) is 1. The molecule has 2 aromatic carbocycles. The first-order valence-electron chi connectivity index (χ1n) is 9.02. The average Bonchev–Trinajstić information content (AvgIpc) is 3.10. The molecule has 0 fully saturated rings. The van der Waals surface area contributed by atoms with Crippen LogP contribution < -0.4 is 4.90 Å². The molecule has 2 heterocycles. The molecule has 0 unspecified atom stereocenters. The van der Waals surface area contributed by atoms with Gasteiger partial charge in [0.2, 0.25) is 0 Å². The van der Waals surface area contributed by atoms with Gasteiger partial charge in [0.25, 0.3) is 5.91 Å². The van der Waals surface area contributed by atoms with Crippen molar-refractivity contribution in [1.29, 1.82) is 0 Å². The minimum atomic E-state index is -0.667. The fourth-order valence-electron chi connectivity index (χ4n) is 3.38. The van der Waals surface area contributed by atoms with Crippen LogP contribution in [0.4, 0.5) is 14.5 Å². The first-order chi connectivity index (χ1) is 13.4. The monoisotopic (exact) mass is 382 g/mol. The van der Waals surface area contributed by atoms with E-state index < -0.39 is 11.6 Å². The van der Waals surface area contributed by atoms with Gasteiger partial charge in [0, 0.05) is 44.4 Å². The quantitative estimate of drug-likeness (QED) is 0.753. The summed E-state index contributed by atoms with van der Waals surface area (Å²) >= 11 is 0. The summed E-state index contributed by atoms with van der Waals surface area (Å²) in [5.74, 6) is -1.00. The van der Waals surface area contributed by atoms with E-state index in [9.17, 15) is 13.6 Å². The Kier molecular flexibility index (Phi) is 4.58. The number of aromatic nitrogens is 2. The summed E-state index contributed by atoms with van der Waals surface area (Å²) in [6, 6.07) is 10.9. The van der Waals surface area contributed by atoms with Crippen molar-refractivity contribution in [2.45, 2.75) is 13.0 Å². The zero-order chi connectivity index (χ0) is 19.8. The molecule has 1 N–H and O–H groups in total. The lowest BCUT2D eigenvalue weighted by atomic mass is 10.1. The number of halogens is 2. The van der Waals surface area contributed by atoms with Crippen LogP contribution in [0, 0.1) is 11.6 Å². The number of hydrogen-bond donors (Lipinski definition) is 1. The highest BCUT2D eigenvalue weighted by atomic mass is 19.1. The van der Waals surface area contributed by atoms with Crippen molar-refractivity contribution in [3.05, 3.63) is 71.1 Å². The van der Waals surface area contributed by atoms with E-state index in [1.165, 1.54) is 12.1 Å². The molecule has 0 saturated heterocycles. The van der Waals surface area contributed by atoms with Crippen LogP contribution in [0.3, 0.4) is 0 Å². The van der Waals surface area contributed by atoms with Crippen molar-refractivity contribution in [2.24, 2.45) is 0 Å². The van der Waals surface area contributed by atoms with E-state index in [1.807, 2.05) is 37.2 Å². The Balaban J connectivity index is 1.57. The molecule has 0 saturated carbocycles. The normalized spacial score (nSPS) is 13.4. The van der Waals surface area contributed by atoms with Crippen molar-refractivity contribution >= 4 is 11.6 Å². The zero-order valence-corrected chi connectivity index (χ0v) is 15.7. The molecule has 28 heavy (non-hydrogen) atoms. The molecule has 0 atom stereocenters. The maximum atomic E-state index is 14.1. The zero-order valence-electron chi connectivity index (χ0n) is 15.7. The standard InChI is InChI=1S/C21H20F2N4O/c1-26(2)15-5-3-4-13(10-15)21(28)27-9-8-18-19(12-27)25-20(24-18)16-7-6-14(22)11-17(16)23/h3-7,10-11H,8-9,12H2,1-2H3,(H,24,25). The van der Waals surface area contributed by atoms with E-state index in [-0.39, 0.29) is 11.5 Å². The Bertz CT molecular complexity index is 1040. The van der Waals surface area contributed by atoms with Gasteiger partial charge in [0.1, 0.15) is 17.5 Å². The molecular weight excluding hydrogens is 362 g/mol. The Hall–Kier alpha value is -3.22. The van der Waals surface area contributed by atoms with E-state index in [4.69, 9.17) is 0 Å². The first-order valence-corrected chi connectivity index (χ1v) is 9.02. The predicted molar refractivity (Wildman–Crippen MR) is 103 cm³/mol. The van der Waals surface area contributed by atoms with Crippen LogP contribution in [-0.4, -0.2) is 41.4 Å². The highest BCUT2D eigenvalue weighted by Gasteiger charge is 2.25. The van der Waals surface area contributed by atoms with Crippen molar-refractivity contribution in [1.82, 2.24) is 14.9 Å². The second-order valence-corrected chi connectivity index (χ2v) is 7.06. The fraction of sp³-hybridized carbons (Fsp3) is 0.238. The minimum Gasteiger partial charge on any atom is -0.378 e. The topological polar surface area (TPSA) is 52.2 Å². The van der Waals surface area contributed by atoms with Crippen molar-refractivity contribution in [2.75, 3.05) is 25.5 Å². The lowest BCUT2D eigenvalue weighted by Crippen LogP contribution is -2.36. The van der Waals surface area contributed by atoms with E-state index in [0.29, 0.717) is 30.9 Å². The first kappa shape index (κ1) is 18.2. The van der Waals surface area contributed by atoms with Crippen LogP contribution in [0.15, 0.2) is 42.5 Å². The molecule has 144 valence electrons. The van der Waals surface area contributed by atoms with Crippen LogP contribution in [0.25, 0.3) is 11.4 Å². The molecule has 3 aromatic rings. The van der Waals surface area contributed by atoms with Gasteiger partial charge in [-0.2, -0.15) is 0 Å². The number of imidazole rings is 1. The third-order valence-electron chi connectivity index (χ3n) is 4.91. The second-order valence-electron chi connectivity index (χ2n) is 7.06. The number of carbonyl (C=O) groups is 1. The fourth-order valence-corrected chi connectivity index (χ4v) is 3.38. The van der Waals surface area contributed by atoms with E-state index >= 15 is 0 Å². The van der Waals surface area contributed by atoms with Crippen LogP contribution in [0.2, 0.25) is 0 Å². The molecule has 0 bridgehead atoms. The van der Waals surface area contributed by atoms with Gasteiger partial charge in [0.05, 0.1) is 23.5 Å². The third kappa shape index (κ3) is 3.35. The SMILES string of the molecule is CN(C)c1cccc(C(=O)N2CCc3nc(-c4ccc(F)cc4F)[nH]c3C2)c1. The van der Waals surface area contributed by atoms with E-state index in [2.05, 4.69) is 9.97 Å². The summed E-state index contributed by atoms with van der Waals surface area (Å²) in [6.07, 6.45) is 0.577. The molecular formula is C21H20F2N4O. The average molecular weight is 382 g/mol. The van der Waals surface area contributed by atoms with E-state index in [0.717, 1.165) is 23.1 Å². The Labute approximate surface area is 161 Å². The van der Waals surface area contributed by atoms with Gasteiger partial charge >= 0.3 is 0 Å². The Morgan fingerprint density at radius 2 is 2.00 bits per heavy atom. The molecule has 1 amide bonds. The lowest BCUT2D eigenvalue weighted by molar-refractivity contribution is 0.0732. The van der Waals surface area contributed by atoms with Gasteiger partial charge in [-0.3, -0.25) is 4.79 Å². The molecule has 0 spiro atoms. The minimum absolute atomic E-state index is 0.0570. The molecule has 1 aliphatic rings. The van der Waals surface area contributed by atoms with Crippen molar-refractivity contribution in [3.8, 4) is 11.4 Å². The highest BCUT2D eigenvalue weighted by molar-refractivity contribution is 5.95. The summed E-state index contributed by atoms with van der Waals surface area (Å²) in [5.41, 5.74) is 3.39. The van der Waals surface area contributed by atoms with Crippen LogP contribution in [0.1, 0.15) is 21.7 Å². The number of anilines is 1. The molecule has 7 heteroatoms. The predicted octanol–water partition coefficient (Wildman–Crippen LogP) is 3.62. The smallest absolute Gasteiger partial charge is 0.254 e. The van der Waals surface area contributed by atoms with Crippen molar-refractivity contribution < 1.29 is 13.6 Å². The largest absolute Gasteiger partial charge is 0.378 e. The second kappa shape index (κ2) is 7.07. The van der Waals surface area contributed by atoms with Gasteiger partial charge < -0.3 is 14.8 Å². The Morgan fingerprint density at radius 3 is 2.75 bits per heavy atom. The summed E-state index contributed by atoms with van der Waals surface area (Å²) in [5, 5.41) is 0. The Morgan fingerprint density at radius 1 is 1.18 bits per heavy atom. The number of rotatable bonds is 3. The van der Waals surface area contributed by atoms with Gasteiger partial charge in [-0.15, -0.1) is 0 Å². The summed E-state index contributed by atoms with van der Waals surface area (Å²) in [4.78, 5) is 24.2. The number of aromatic amines is 1. The van der Waals surface area contributed by atoms with E-state index in [1.54, 1.807) is 11.0 Å². The number of fused-ring (bicyclic) bond motifs is 1. The number of carbonyl (C=O) groups excluding carboxylic acids is 1. The maximum absolute atomic E-state index is 14.1. The van der Waals surface area contributed by atoms with Gasteiger partial charge in [-0.05, 0) is 30.3 Å². The molecule has 5 nitrogen and oxygen atoms in total. The van der Waals surface area contributed by atoms with Gasteiger partial charge in [-0.1, -0.05) is 6.07 Å². The summed E-state index contributed by atoms with van der Waals surface area (Å²) in [6.45, 7) is 0.907. The van der Waals surface area contributed by atoms with Gasteiger partial charge in [0.15, 0.2) is 0 Å². The number of hydrogen-bond acceptors (Lipinski definition) is 3. The molecule has 1 aromatic heterocycles. The lowest BCUT2D eigenvalue weighted by Gasteiger charge is -2.26. The third-order valence-corrected chi connectivity index (χ3v) is 4.91. The van der Waals surface area contributed by atoms with Gasteiger partial charge in [-0.25, -0.2) is 13.8 Å². The van der Waals surface area contributed by atoms with Crippen LogP contribution >= 0.6 is 0 Å². The highest BCUT2D eigenvalue weighted by Crippen LogP contribution is 2.26. The summed E-state index contributed by atoms with van der Waals surface area (Å²) in [7, 11) is 3.86. The molecule has 4 rings (SSSR count). The number of H-pyrrole nitrogens is 1. The number of amides is 1. The maximum Gasteiger partial charge on any atom is 0.254 e. The number of benzene rings is 2. The summed E-state index contributed by atoms with van der Waals surface area (Å²) < 4.78 is 27.2. The molecule has 0 aliphatic carbocycles. The molecule has 1 aliphatic heterocycles. The van der Waals surface area contributed by atoms with Crippen LogP contribution in [-0.2, 0) is 13.0 Å². The van der Waals surface area contributed by atoms with Crippen molar-refractivity contribution in [3.63, 3.8) is 0 Å². The van der Waals surface area contributed by atoms with Crippen LogP contribution in [0.5, 0.6) is 0 Å².